The molecule has 1 aliphatic carbocycles. The molecule has 0 unspecified atom stereocenters. The number of imidazole rings is 1. The van der Waals surface area contributed by atoms with Crippen molar-refractivity contribution < 1.29 is 4.79 Å². The Hall–Kier alpha value is -2.62. The molecule has 1 saturated carbocycles. The first kappa shape index (κ1) is 14.0. The second kappa shape index (κ2) is 5.23. The molecule has 1 amide bonds. The average Bonchev–Trinajstić information content (AvgIpc) is 3.26. The maximum absolute atomic E-state index is 12.7. The number of aromatic amines is 1. The van der Waals surface area contributed by atoms with Crippen molar-refractivity contribution in [3.8, 4) is 0 Å². The molecule has 116 valence electrons. The Kier molecular flexibility index (Phi) is 3.18. The SMILES string of the molecule is Cc1cccc(C2(C(=O)NCc3nc4ccccc4[nH]3)CC2)c1. The van der Waals surface area contributed by atoms with Crippen LogP contribution in [0.4, 0.5) is 0 Å². The van der Waals surface area contributed by atoms with Gasteiger partial charge in [-0.15, -0.1) is 0 Å². The van der Waals surface area contributed by atoms with Gasteiger partial charge in [0, 0.05) is 0 Å². The van der Waals surface area contributed by atoms with E-state index < -0.39 is 0 Å². The van der Waals surface area contributed by atoms with Crippen LogP contribution in [-0.4, -0.2) is 15.9 Å². The molecule has 0 spiro atoms. The number of aromatic nitrogens is 2. The average molecular weight is 305 g/mol. The molecule has 4 nitrogen and oxygen atoms in total. The minimum atomic E-state index is -0.335. The van der Waals surface area contributed by atoms with Crippen molar-refractivity contribution in [1.29, 1.82) is 0 Å². The summed E-state index contributed by atoms with van der Waals surface area (Å²) in [5.74, 6) is 0.892. The minimum absolute atomic E-state index is 0.101. The van der Waals surface area contributed by atoms with Crippen LogP contribution in [0, 0.1) is 6.92 Å². The zero-order valence-electron chi connectivity index (χ0n) is 13.1. The topological polar surface area (TPSA) is 57.8 Å². The van der Waals surface area contributed by atoms with Gasteiger partial charge in [0.05, 0.1) is 23.0 Å². The number of nitrogens with one attached hydrogen (secondary N) is 2. The van der Waals surface area contributed by atoms with Crippen LogP contribution < -0.4 is 5.32 Å². The van der Waals surface area contributed by atoms with Crippen molar-refractivity contribution in [2.75, 3.05) is 0 Å². The molecular weight excluding hydrogens is 286 g/mol. The maximum atomic E-state index is 12.7. The molecule has 1 fully saturated rings. The number of aryl methyl sites for hydroxylation is 1. The van der Waals surface area contributed by atoms with E-state index in [9.17, 15) is 4.79 Å². The van der Waals surface area contributed by atoms with Crippen LogP contribution >= 0.6 is 0 Å². The Morgan fingerprint density at radius 1 is 1.22 bits per heavy atom. The van der Waals surface area contributed by atoms with E-state index >= 15 is 0 Å². The number of hydrogen-bond acceptors (Lipinski definition) is 2. The van der Waals surface area contributed by atoms with Gasteiger partial charge >= 0.3 is 0 Å². The lowest BCUT2D eigenvalue weighted by Crippen LogP contribution is -2.34. The molecule has 0 atom stereocenters. The standard InChI is InChI=1S/C19H19N3O/c1-13-5-4-6-14(11-13)19(9-10-19)18(23)20-12-17-21-15-7-2-3-8-16(15)22-17/h2-8,11H,9-10,12H2,1H3,(H,20,23)(H,21,22). The number of para-hydroxylation sites is 2. The number of hydrogen-bond donors (Lipinski definition) is 2. The Labute approximate surface area is 134 Å². The Morgan fingerprint density at radius 2 is 2.04 bits per heavy atom. The monoisotopic (exact) mass is 305 g/mol. The summed E-state index contributed by atoms with van der Waals surface area (Å²) >= 11 is 0. The Morgan fingerprint density at radius 3 is 2.78 bits per heavy atom. The lowest BCUT2D eigenvalue weighted by atomic mass is 9.93. The van der Waals surface area contributed by atoms with Gasteiger partial charge in [-0.25, -0.2) is 4.98 Å². The van der Waals surface area contributed by atoms with Crippen LogP contribution in [0.3, 0.4) is 0 Å². The zero-order valence-corrected chi connectivity index (χ0v) is 13.1. The van der Waals surface area contributed by atoms with Gasteiger partial charge in [-0.3, -0.25) is 4.79 Å². The third-order valence-electron chi connectivity index (χ3n) is 4.61. The van der Waals surface area contributed by atoms with Crippen LogP contribution in [0.1, 0.15) is 29.8 Å². The number of fused-ring (bicyclic) bond motifs is 1. The smallest absolute Gasteiger partial charge is 0.231 e. The second-order valence-corrected chi connectivity index (χ2v) is 6.33. The van der Waals surface area contributed by atoms with Crippen LogP contribution in [0.5, 0.6) is 0 Å². The molecule has 0 saturated heterocycles. The van der Waals surface area contributed by atoms with Crippen molar-refractivity contribution in [3.63, 3.8) is 0 Å². The number of rotatable bonds is 4. The van der Waals surface area contributed by atoms with E-state index in [2.05, 4.69) is 40.4 Å². The molecule has 1 aliphatic rings. The lowest BCUT2D eigenvalue weighted by Gasteiger charge is -2.15. The molecular formula is C19H19N3O. The Balaban J connectivity index is 1.49. The highest BCUT2D eigenvalue weighted by molar-refractivity contribution is 5.91. The summed E-state index contributed by atoms with van der Waals surface area (Å²) < 4.78 is 0. The van der Waals surface area contributed by atoms with Gasteiger partial charge in [-0.2, -0.15) is 0 Å². The number of H-pyrrole nitrogens is 1. The first-order valence-corrected chi connectivity index (χ1v) is 7.96. The van der Waals surface area contributed by atoms with Crippen molar-refractivity contribution >= 4 is 16.9 Å². The van der Waals surface area contributed by atoms with E-state index in [4.69, 9.17) is 0 Å². The van der Waals surface area contributed by atoms with Gasteiger partial charge in [-0.1, -0.05) is 42.0 Å². The van der Waals surface area contributed by atoms with Crippen molar-refractivity contribution in [2.45, 2.75) is 31.7 Å². The molecule has 4 rings (SSSR count). The highest BCUT2D eigenvalue weighted by Crippen LogP contribution is 2.48. The Bertz CT molecular complexity index is 844. The third-order valence-corrected chi connectivity index (χ3v) is 4.61. The summed E-state index contributed by atoms with van der Waals surface area (Å²) in [6.07, 6.45) is 1.84. The van der Waals surface area contributed by atoms with Gasteiger partial charge in [0.15, 0.2) is 0 Å². The van der Waals surface area contributed by atoms with Crippen LogP contribution in [0.15, 0.2) is 48.5 Å². The summed E-state index contributed by atoms with van der Waals surface area (Å²) in [5, 5.41) is 3.05. The number of amides is 1. The number of carbonyl (C=O) groups is 1. The summed E-state index contributed by atoms with van der Waals surface area (Å²) in [6.45, 7) is 2.49. The van der Waals surface area contributed by atoms with Crippen molar-refractivity contribution in [3.05, 3.63) is 65.5 Å². The largest absolute Gasteiger partial charge is 0.348 e. The molecule has 0 bridgehead atoms. The summed E-state index contributed by atoms with van der Waals surface area (Å²) in [4.78, 5) is 20.4. The highest BCUT2D eigenvalue weighted by Gasteiger charge is 2.51. The summed E-state index contributed by atoms with van der Waals surface area (Å²) in [5.41, 5.74) is 3.91. The zero-order chi connectivity index (χ0) is 15.9. The fraction of sp³-hybridized carbons (Fsp3) is 0.263. The van der Waals surface area contributed by atoms with Crippen molar-refractivity contribution in [1.82, 2.24) is 15.3 Å². The van der Waals surface area contributed by atoms with Gasteiger partial charge in [0.25, 0.3) is 0 Å². The molecule has 0 radical (unpaired) electrons. The summed E-state index contributed by atoms with van der Waals surface area (Å²) in [6, 6.07) is 16.1. The van der Waals surface area contributed by atoms with Crippen LogP contribution in [0.25, 0.3) is 11.0 Å². The van der Waals surface area contributed by atoms with E-state index in [-0.39, 0.29) is 11.3 Å². The molecule has 3 aromatic rings. The first-order valence-electron chi connectivity index (χ1n) is 7.96. The van der Waals surface area contributed by atoms with Gasteiger partial charge in [0.1, 0.15) is 5.82 Å². The van der Waals surface area contributed by atoms with E-state index in [0.29, 0.717) is 6.54 Å². The van der Waals surface area contributed by atoms with E-state index in [1.807, 2.05) is 30.3 Å². The van der Waals surface area contributed by atoms with Crippen LogP contribution in [-0.2, 0) is 16.8 Å². The molecule has 23 heavy (non-hydrogen) atoms. The van der Waals surface area contributed by atoms with Gasteiger partial charge in [-0.05, 0) is 37.5 Å². The van der Waals surface area contributed by atoms with Crippen LogP contribution in [0.2, 0.25) is 0 Å². The minimum Gasteiger partial charge on any atom is -0.348 e. The molecule has 0 aliphatic heterocycles. The molecule has 4 heteroatoms. The quantitative estimate of drug-likeness (QED) is 0.777. The number of nitrogens with zero attached hydrogens (tertiary/aromatic N) is 1. The number of benzene rings is 2. The summed E-state index contributed by atoms with van der Waals surface area (Å²) in [7, 11) is 0. The number of carbonyl (C=O) groups excluding carboxylic acids is 1. The van der Waals surface area contributed by atoms with E-state index in [0.717, 1.165) is 35.3 Å². The first-order chi connectivity index (χ1) is 11.2. The molecule has 1 heterocycles. The lowest BCUT2D eigenvalue weighted by molar-refractivity contribution is -0.123. The highest BCUT2D eigenvalue weighted by atomic mass is 16.2. The van der Waals surface area contributed by atoms with E-state index in [1.54, 1.807) is 0 Å². The predicted molar refractivity (Wildman–Crippen MR) is 90.0 cm³/mol. The fourth-order valence-corrected chi connectivity index (χ4v) is 3.14. The molecule has 2 N–H and O–H groups in total. The maximum Gasteiger partial charge on any atom is 0.231 e. The molecule has 1 aromatic heterocycles. The third kappa shape index (κ3) is 2.50. The normalized spacial score (nSPS) is 15.5. The second-order valence-electron chi connectivity index (χ2n) is 6.33. The predicted octanol–water partition coefficient (Wildman–Crippen LogP) is 3.22. The molecule has 2 aromatic carbocycles. The van der Waals surface area contributed by atoms with Gasteiger partial charge < -0.3 is 10.3 Å². The fourth-order valence-electron chi connectivity index (χ4n) is 3.14. The van der Waals surface area contributed by atoms with Crippen molar-refractivity contribution in [2.24, 2.45) is 0 Å². The van der Waals surface area contributed by atoms with Gasteiger partial charge in [0.2, 0.25) is 5.91 Å². The van der Waals surface area contributed by atoms with E-state index in [1.165, 1.54) is 5.56 Å².